The Bertz CT molecular complexity index is 1030. The van der Waals surface area contributed by atoms with Crippen LogP contribution in [-0.2, 0) is 11.3 Å². The van der Waals surface area contributed by atoms with Crippen LogP contribution in [0.25, 0.3) is 10.9 Å². The van der Waals surface area contributed by atoms with Gasteiger partial charge in [-0.3, -0.25) is 14.2 Å². The Kier molecular flexibility index (Phi) is 4.38. The van der Waals surface area contributed by atoms with Crippen LogP contribution in [-0.4, -0.2) is 29.6 Å². The summed E-state index contributed by atoms with van der Waals surface area (Å²) in [6.45, 7) is -0.353. The van der Waals surface area contributed by atoms with E-state index in [2.05, 4.69) is 10.3 Å². The standard InChI is InChI=1S/C18H18N4O3/c1-21(2)13-9-7-12(8-10-13)19-16(23)11-22-17(24)14-5-3-4-6-15(14)20-18(22)25/h3-10H,11H2,1-2H3,(H,19,23)(H,20,25). The van der Waals surface area contributed by atoms with Crippen LogP contribution in [0.15, 0.2) is 58.1 Å². The molecule has 0 spiro atoms. The summed E-state index contributed by atoms with van der Waals surface area (Å²) in [5.74, 6) is -0.444. The minimum absolute atomic E-state index is 0.353. The van der Waals surface area contributed by atoms with E-state index in [4.69, 9.17) is 0 Å². The van der Waals surface area contributed by atoms with Crippen molar-refractivity contribution in [2.75, 3.05) is 24.3 Å². The molecule has 1 aromatic heterocycles. The summed E-state index contributed by atoms with van der Waals surface area (Å²) in [4.78, 5) is 41.3. The molecule has 0 bridgehead atoms. The Morgan fingerprint density at radius 3 is 2.44 bits per heavy atom. The molecule has 0 aliphatic heterocycles. The van der Waals surface area contributed by atoms with Crippen molar-refractivity contribution in [1.29, 1.82) is 0 Å². The molecule has 0 aliphatic carbocycles. The fourth-order valence-corrected chi connectivity index (χ4v) is 2.53. The maximum atomic E-state index is 12.4. The maximum absolute atomic E-state index is 12.4. The third kappa shape index (κ3) is 3.45. The van der Waals surface area contributed by atoms with Crippen LogP contribution in [0.4, 0.5) is 11.4 Å². The first-order chi connectivity index (χ1) is 12.0. The van der Waals surface area contributed by atoms with E-state index in [9.17, 15) is 14.4 Å². The van der Waals surface area contributed by atoms with Crippen molar-refractivity contribution < 1.29 is 4.79 Å². The van der Waals surface area contributed by atoms with Gasteiger partial charge < -0.3 is 15.2 Å². The first kappa shape index (κ1) is 16.5. The first-order valence-electron chi connectivity index (χ1n) is 7.75. The monoisotopic (exact) mass is 338 g/mol. The molecule has 0 unspecified atom stereocenters. The Balaban J connectivity index is 1.82. The number of H-pyrrole nitrogens is 1. The third-order valence-corrected chi connectivity index (χ3v) is 3.86. The van der Waals surface area contributed by atoms with E-state index >= 15 is 0 Å². The Hall–Kier alpha value is -3.35. The second-order valence-electron chi connectivity index (χ2n) is 5.86. The van der Waals surface area contributed by atoms with Crippen molar-refractivity contribution in [2.24, 2.45) is 0 Å². The predicted molar refractivity (Wildman–Crippen MR) is 98.2 cm³/mol. The number of aromatic nitrogens is 2. The van der Waals surface area contributed by atoms with E-state index in [1.165, 1.54) is 0 Å². The van der Waals surface area contributed by atoms with Crippen LogP contribution in [0.2, 0.25) is 0 Å². The molecule has 0 fully saturated rings. The molecule has 0 aliphatic rings. The molecule has 0 radical (unpaired) electrons. The number of benzene rings is 2. The molecule has 7 nitrogen and oxygen atoms in total. The fourth-order valence-electron chi connectivity index (χ4n) is 2.53. The molecular weight excluding hydrogens is 320 g/mol. The molecule has 7 heteroatoms. The summed E-state index contributed by atoms with van der Waals surface area (Å²) < 4.78 is 0.895. The second kappa shape index (κ2) is 6.64. The molecule has 0 atom stereocenters. The number of fused-ring (bicyclic) bond motifs is 1. The number of amides is 1. The van der Waals surface area contributed by atoms with Gasteiger partial charge in [-0.15, -0.1) is 0 Å². The second-order valence-corrected chi connectivity index (χ2v) is 5.86. The summed E-state index contributed by atoms with van der Waals surface area (Å²) in [6, 6.07) is 14.0. The van der Waals surface area contributed by atoms with Gasteiger partial charge in [0.25, 0.3) is 5.56 Å². The Labute approximate surface area is 143 Å². The van der Waals surface area contributed by atoms with Crippen LogP contribution in [0.3, 0.4) is 0 Å². The van der Waals surface area contributed by atoms with Gasteiger partial charge in [-0.1, -0.05) is 12.1 Å². The third-order valence-electron chi connectivity index (χ3n) is 3.86. The highest BCUT2D eigenvalue weighted by atomic mass is 16.2. The molecule has 3 aromatic rings. The van der Waals surface area contributed by atoms with Crippen molar-refractivity contribution in [3.63, 3.8) is 0 Å². The van der Waals surface area contributed by atoms with Crippen LogP contribution in [0.5, 0.6) is 0 Å². The molecule has 0 saturated heterocycles. The van der Waals surface area contributed by atoms with Crippen molar-refractivity contribution in [1.82, 2.24) is 9.55 Å². The number of rotatable bonds is 4. The minimum Gasteiger partial charge on any atom is -0.378 e. The van der Waals surface area contributed by atoms with Crippen LogP contribution in [0, 0.1) is 0 Å². The lowest BCUT2D eigenvalue weighted by atomic mass is 10.2. The molecule has 1 amide bonds. The number of nitrogens with one attached hydrogen (secondary N) is 2. The Morgan fingerprint density at radius 1 is 1.08 bits per heavy atom. The molecule has 128 valence electrons. The van der Waals surface area contributed by atoms with Gasteiger partial charge in [-0.05, 0) is 36.4 Å². The molecule has 0 saturated carbocycles. The number of nitrogens with zero attached hydrogens (tertiary/aromatic N) is 2. The van der Waals surface area contributed by atoms with Gasteiger partial charge in [0.05, 0.1) is 10.9 Å². The van der Waals surface area contributed by atoms with E-state index in [1.807, 2.05) is 31.1 Å². The highest BCUT2D eigenvalue weighted by molar-refractivity contribution is 5.91. The van der Waals surface area contributed by atoms with Crippen LogP contribution in [0.1, 0.15) is 0 Å². The van der Waals surface area contributed by atoms with E-state index in [-0.39, 0.29) is 6.54 Å². The number of anilines is 2. The van der Waals surface area contributed by atoms with Crippen molar-refractivity contribution >= 4 is 28.2 Å². The fraction of sp³-hybridized carbons (Fsp3) is 0.167. The van der Waals surface area contributed by atoms with Gasteiger partial charge in [-0.25, -0.2) is 4.79 Å². The van der Waals surface area contributed by atoms with E-state index in [1.54, 1.807) is 36.4 Å². The van der Waals surface area contributed by atoms with Crippen molar-refractivity contribution in [2.45, 2.75) is 6.54 Å². The van der Waals surface area contributed by atoms with Gasteiger partial charge in [0.1, 0.15) is 6.54 Å². The van der Waals surface area contributed by atoms with Crippen LogP contribution < -0.4 is 21.5 Å². The average Bonchev–Trinajstić information content (AvgIpc) is 2.59. The predicted octanol–water partition coefficient (Wildman–Crippen LogP) is 1.39. The highest BCUT2D eigenvalue weighted by Crippen LogP contribution is 2.15. The summed E-state index contributed by atoms with van der Waals surface area (Å²) >= 11 is 0. The smallest absolute Gasteiger partial charge is 0.329 e. The SMILES string of the molecule is CN(C)c1ccc(NC(=O)Cn2c(=O)[nH]c3ccccc3c2=O)cc1. The van der Waals surface area contributed by atoms with Crippen LogP contribution >= 0.6 is 0 Å². The lowest BCUT2D eigenvalue weighted by Crippen LogP contribution is -2.38. The number of carbonyl (C=O) groups excluding carboxylic acids is 1. The van der Waals surface area contributed by atoms with Crippen molar-refractivity contribution in [3.05, 3.63) is 69.4 Å². The van der Waals surface area contributed by atoms with Gasteiger partial charge in [0.15, 0.2) is 0 Å². The zero-order chi connectivity index (χ0) is 18.0. The number of hydrogen-bond acceptors (Lipinski definition) is 4. The lowest BCUT2D eigenvalue weighted by Gasteiger charge is -2.13. The summed E-state index contributed by atoms with van der Waals surface area (Å²) in [5.41, 5.74) is 0.953. The minimum atomic E-state index is -0.609. The summed E-state index contributed by atoms with van der Waals surface area (Å²) in [7, 11) is 3.85. The van der Waals surface area contributed by atoms with Crippen molar-refractivity contribution in [3.8, 4) is 0 Å². The number of aromatic amines is 1. The van der Waals surface area contributed by atoms with E-state index in [0.29, 0.717) is 16.6 Å². The Morgan fingerprint density at radius 2 is 1.76 bits per heavy atom. The zero-order valence-electron chi connectivity index (χ0n) is 13.9. The summed E-state index contributed by atoms with van der Waals surface area (Å²) in [5, 5.41) is 3.06. The van der Waals surface area contributed by atoms with E-state index in [0.717, 1.165) is 10.3 Å². The average molecular weight is 338 g/mol. The summed E-state index contributed by atoms with van der Waals surface area (Å²) in [6.07, 6.45) is 0. The maximum Gasteiger partial charge on any atom is 0.329 e. The molecule has 25 heavy (non-hydrogen) atoms. The normalized spacial score (nSPS) is 10.6. The lowest BCUT2D eigenvalue weighted by molar-refractivity contribution is -0.116. The molecule has 2 aromatic carbocycles. The number of carbonyl (C=O) groups is 1. The highest BCUT2D eigenvalue weighted by Gasteiger charge is 2.11. The molecular formula is C18H18N4O3. The molecule has 2 N–H and O–H groups in total. The first-order valence-corrected chi connectivity index (χ1v) is 7.75. The topological polar surface area (TPSA) is 87.2 Å². The van der Waals surface area contributed by atoms with Gasteiger partial charge >= 0.3 is 5.69 Å². The zero-order valence-corrected chi connectivity index (χ0v) is 13.9. The number of para-hydroxylation sites is 1. The van der Waals surface area contributed by atoms with E-state index < -0.39 is 17.2 Å². The van der Waals surface area contributed by atoms with Gasteiger partial charge in [0, 0.05) is 25.5 Å². The van der Waals surface area contributed by atoms with Gasteiger partial charge in [0.2, 0.25) is 5.91 Å². The number of hydrogen-bond donors (Lipinski definition) is 2. The van der Waals surface area contributed by atoms with Gasteiger partial charge in [-0.2, -0.15) is 0 Å². The molecule has 3 rings (SSSR count). The quantitative estimate of drug-likeness (QED) is 0.753. The largest absolute Gasteiger partial charge is 0.378 e. The molecule has 1 heterocycles.